The van der Waals surface area contributed by atoms with Crippen LogP contribution in [0.2, 0.25) is 5.02 Å². The SMILES string of the molecule is O=C1[C@H]2[C@H](c3ccc(Cl)cc3)OC3(C(=O)c4ccccc4C3=O)[C@H]2C(=O)N1c1ccc(C(F)(F)F)cc1. The summed E-state index contributed by atoms with van der Waals surface area (Å²) in [7, 11) is 0. The Morgan fingerprint density at radius 3 is 1.89 bits per heavy atom. The van der Waals surface area contributed by atoms with Gasteiger partial charge in [0.25, 0.3) is 0 Å². The minimum Gasteiger partial charge on any atom is -0.349 e. The van der Waals surface area contributed by atoms with Crippen molar-refractivity contribution in [3.8, 4) is 0 Å². The second-order valence-corrected chi connectivity index (χ2v) is 9.53. The molecule has 10 heteroatoms. The van der Waals surface area contributed by atoms with E-state index < -0.39 is 58.7 Å². The summed E-state index contributed by atoms with van der Waals surface area (Å²) in [6.07, 6.45) is -5.76. The summed E-state index contributed by atoms with van der Waals surface area (Å²) >= 11 is 6.00. The Labute approximate surface area is 212 Å². The van der Waals surface area contributed by atoms with E-state index in [1.54, 1.807) is 36.4 Å². The average molecular weight is 526 g/mol. The number of imide groups is 1. The molecular formula is C27H15ClF3NO5. The van der Waals surface area contributed by atoms with Crippen molar-refractivity contribution in [1.82, 2.24) is 0 Å². The number of hydrogen-bond donors (Lipinski definition) is 0. The standard InChI is InChI=1S/C27H15ClF3NO5/c28-15-9-5-13(6-10-15)21-19-20(26(37-21)22(33)17-3-1-2-4-18(17)23(26)34)25(36)32(24(19)35)16-11-7-14(8-12-16)27(29,30)31/h1-12,19-21H/t19-,20-,21+/m1/s1. The Morgan fingerprint density at radius 1 is 0.784 bits per heavy atom. The molecule has 0 aromatic heterocycles. The number of Topliss-reactive ketones (excluding diaryl/α,β-unsaturated/α-hetero) is 2. The van der Waals surface area contributed by atoms with Gasteiger partial charge in [-0.15, -0.1) is 0 Å². The average Bonchev–Trinajstić information content (AvgIpc) is 3.44. The van der Waals surface area contributed by atoms with Gasteiger partial charge in [-0.2, -0.15) is 13.2 Å². The number of alkyl halides is 3. The maximum Gasteiger partial charge on any atom is 0.416 e. The topological polar surface area (TPSA) is 80.8 Å². The van der Waals surface area contributed by atoms with Crippen LogP contribution in [-0.4, -0.2) is 29.0 Å². The second kappa shape index (κ2) is 7.84. The minimum absolute atomic E-state index is 0.0798. The highest BCUT2D eigenvalue weighted by molar-refractivity contribution is 6.37. The summed E-state index contributed by atoms with van der Waals surface area (Å²) in [5.41, 5.74) is -2.74. The van der Waals surface area contributed by atoms with E-state index in [4.69, 9.17) is 16.3 Å². The van der Waals surface area contributed by atoms with Gasteiger partial charge in [0.2, 0.25) is 29.0 Å². The van der Waals surface area contributed by atoms with E-state index in [-0.39, 0.29) is 16.8 Å². The third kappa shape index (κ3) is 3.17. The highest BCUT2D eigenvalue weighted by Crippen LogP contribution is 2.57. The molecule has 37 heavy (non-hydrogen) atoms. The number of fused-ring (bicyclic) bond motifs is 3. The van der Waals surface area contributed by atoms with Crippen molar-refractivity contribution in [3.05, 3.63) is 100 Å². The number of benzene rings is 3. The van der Waals surface area contributed by atoms with Crippen LogP contribution >= 0.6 is 11.6 Å². The quantitative estimate of drug-likeness (QED) is 0.345. The summed E-state index contributed by atoms with van der Waals surface area (Å²) < 4.78 is 45.4. The summed E-state index contributed by atoms with van der Waals surface area (Å²) in [4.78, 5) is 55.6. The van der Waals surface area contributed by atoms with Crippen molar-refractivity contribution >= 4 is 40.7 Å². The first kappa shape index (κ1) is 23.6. The van der Waals surface area contributed by atoms with E-state index in [1.165, 1.54) is 12.1 Å². The molecule has 0 bridgehead atoms. The largest absolute Gasteiger partial charge is 0.416 e. The number of halogens is 4. The molecule has 2 saturated heterocycles. The predicted molar refractivity (Wildman–Crippen MR) is 124 cm³/mol. The molecule has 0 radical (unpaired) electrons. The fourth-order valence-corrected chi connectivity index (χ4v) is 5.65. The van der Waals surface area contributed by atoms with Crippen molar-refractivity contribution in [2.24, 2.45) is 11.8 Å². The molecule has 6 rings (SSSR count). The zero-order valence-corrected chi connectivity index (χ0v) is 19.4. The Hall–Kier alpha value is -3.82. The first-order chi connectivity index (χ1) is 17.6. The number of carbonyl (C=O) groups is 4. The van der Waals surface area contributed by atoms with E-state index in [1.807, 2.05) is 0 Å². The van der Waals surface area contributed by atoms with Crippen molar-refractivity contribution in [1.29, 1.82) is 0 Å². The lowest BCUT2D eigenvalue weighted by Gasteiger charge is -2.27. The van der Waals surface area contributed by atoms with Crippen LogP contribution < -0.4 is 4.90 Å². The molecule has 2 aliphatic heterocycles. The van der Waals surface area contributed by atoms with Crippen LogP contribution in [0.4, 0.5) is 18.9 Å². The molecular weight excluding hydrogens is 511 g/mol. The number of rotatable bonds is 2. The zero-order valence-electron chi connectivity index (χ0n) is 18.7. The van der Waals surface area contributed by atoms with Gasteiger partial charge in [0.1, 0.15) is 0 Å². The molecule has 2 amide bonds. The van der Waals surface area contributed by atoms with Gasteiger partial charge in [0, 0.05) is 16.1 Å². The van der Waals surface area contributed by atoms with Gasteiger partial charge < -0.3 is 4.74 Å². The molecule has 3 aliphatic rings. The van der Waals surface area contributed by atoms with Crippen LogP contribution in [0.15, 0.2) is 72.8 Å². The van der Waals surface area contributed by atoms with Crippen LogP contribution in [0.1, 0.15) is 37.9 Å². The number of hydrogen-bond acceptors (Lipinski definition) is 5. The van der Waals surface area contributed by atoms with Crippen LogP contribution in [0.3, 0.4) is 0 Å². The van der Waals surface area contributed by atoms with Gasteiger partial charge in [0.15, 0.2) is 0 Å². The van der Waals surface area contributed by atoms with Gasteiger partial charge in [-0.05, 0) is 42.0 Å². The molecule has 2 fully saturated rings. The predicted octanol–water partition coefficient (Wildman–Crippen LogP) is 5.05. The van der Waals surface area contributed by atoms with Crippen molar-refractivity contribution in [3.63, 3.8) is 0 Å². The van der Waals surface area contributed by atoms with Gasteiger partial charge in [0.05, 0.1) is 29.2 Å². The molecule has 3 atom stereocenters. The Bertz CT molecular complexity index is 1460. The summed E-state index contributed by atoms with van der Waals surface area (Å²) in [5, 5.41) is 0.397. The fraction of sp³-hybridized carbons (Fsp3) is 0.185. The maximum atomic E-state index is 13.8. The van der Waals surface area contributed by atoms with E-state index in [0.717, 1.165) is 29.2 Å². The van der Waals surface area contributed by atoms with E-state index >= 15 is 0 Å². The third-order valence-electron chi connectivity index (χ3n) is 7.17. The number of ketones is 2. The van der Waals surface area contributed by atoms with Crippen LogP contribution in [0.5, 0.6) is 0 Å². The Morgan fingerprint density at radius 2 is 1.35 bits per heavy atom. The fourth-order valence-electron chi connectivity index (χ4n) is 5.52. The second-order valence-electron chi connectivity index (χ2n) is 9.09. The molecule has 186 valence electrons. The highest BCUT2D eigenvalue weighted by Gasteiger charge is 2.74. The summed E-state index contributed by atoms with van der Waals surface area (Å²) in [5.74, 6) is -5.89. The molecule has 1 aliphatic carbocycles. The van der Waals surface area contributed by atoms with Gasteiger partial charge in [-0.3, -0.25) is 19.2 Å². The zero-order chi connectivity index (χ0) is 26.3. The monoisotopic (exact) mass is 525 g/mol. The lowest BCUT2D eigenvalue weighted by molar-refractivity contribution is -0.137. The van der Waals surface area contributed by atoms with E-state index in [2.05, 4.69) is 0 Å². The van der Waals surface area contributed by atoms with Gasteiger partial charge >= 0.3 is 6.18 Å². The van der Waals surface area contributed by atoms with Gasteiger partial charge in [-0.1, -0.05) is 48.0 Å². The maximum absolute atomic E-state index is 13.8. The molecule has 2 heterocycles. The molecule has 0 N–H and O–H groups in total. The number of nitrogens with zero attached hydrogens (tertiary/aromatic N) is 1. The third-order valence-corrected chi connectivity index (χ3v) is 7.42. The summed E-state index contributed by atoms with van der Waals surface area (Å²) in [6.45, 7) is 0. The molecule has 0 saturated carbocycles. The van der Waals surface area contributed by atoms with Crippen molar-refractivity contribution in [2.75, 3.05) is 4.90 Å². The molecule has 1 spiro atoms. The van der Waals surface area contributed by atoms with Crippen LogP contribution in [0, 0.1) is 11.8 Å². The lowest BCUT2D eigenvalue weighted by atomic mass is 9.77. The molecule has 3 aromatic rings. The highest BCUT2D eigenvalue weighted by atomic mass is 35.5. The number of anilines is 1. The van der Waals surface area contributed by atoms with Gasteiger partial charge in [-0.25, -0.2) is 4.90 Å². The first-order valence-electron chi connectivity index (χ1n) is 11.2. The lowest BCUT2D eigenvalue weighted by Crippen LogP contribution is -2.51. The van der Waals surface area contributed by atoms with Crippen molar-refractivity contribution < 1.29 is 37.1 Å². The van der Waals surface area contributed by atoms with Crippen molar-refractivity contribution in [2.45, 2.75) is 17.9 Å². The Balaban J connectivity index is 1.50. The normalized spacial score (nSPS) is 24.2. The van der Waals surface area contributed by atoms with E-state index in [0.29, 0.717) is 10.6 Å². The van der Waals surface area contributed by atoms with Crippen LogP contribution in [0.25, 0.3) is 0 Å². The van der Waals surface area contributed by atoms with E-state index in [9.17, 15) is 32.3 Å². The molecule has 3 aromatic carbocycles. The smallest absolute Gasteiger partial charge is 0.349 e. The number of carbonyl (C=O) groups excluding carboxylic acids is 4. The number of amides is 2. The summed E-state index contributed by atoms with van der Waals surface area (Å²) in [6, 6.07) is 15.8. The molecule has 0 unspecified atom stereocenters. The first-order valence-corrected chi connectivity index (χ1v) is 11.6. The molecule has 6 nitrogen and oxygen atoms in total. The number of ether oxygens (including phenoxy) is 1. The van der Waals surface area contributed by atoms with Crippen LogP contribution in [-0.2, 0) is 20.5 Å². The Kier molecular flexibility index (Phi) is 4.99. The minimum atomic E-state index is -4.61.